The number of carbonyl (C=O) groups excluding carboxylic acids is 1. The molecule has 19 heavy (non-hydrogen) atoms. The summed E-state index contributed by atoms with van der Waals surface area (Å²) >= 11 is 0. The number of esters is 1. The van der Waals surface area contributed by atoms with Crippen LogP contribution in [0.1, 0.15) is 35.1 Å². The Balaban J connectivity index is 1.77. The van der Waals surface area contributed by atoms with Gasteiger partial charge in [0, 0.05) is 6.42 Å². The van der Waals surface area contributed by atoms with Crippen LogP contribution in [0.5, 0.6) is 5.75 Å². The molecule has 3 rings (SSSR count). The molecule has 1 unspecified atom stereocenters. The van der Waals surface area contributed by atoms with E-state index < -0.39 is 5.97 Å². The molecule has 1 atom stereocenters. The van der Waals surface area contributed by atoms with Crippen LogP contribution in [0.4, 0.5) is 0 Å². The summed E-state index contributed by atoms with van der Waals surface area (Å²) in [7, 11) is 0. The molecule has 0 amide bonds. The second-order valence-electron chi connectivity index (χ2n) is 4.10. The molecule has 1 aliphatic heterocycles. The third kappa shape index (κ3) is 2.16. The Kier molecular flexibility index (Phi) is 2.91. The SMILES string of the molecule is CCOC(=O)c1nc(C2Cc3ccccc3O2)no1. The number of aromatic nitrogens is 2. The highest BCUT2D eigenvalue weighted by Gasteiger charge is 2.29. The minimum Gasteiger partial charge on any atom is -0.482 e. The van der Waals surface area contributed by atoms with Gasteiger partial charge >= 0.3 is 11.9 Å². The lowest BCUT2D eigenvalue weighted by atomic mass is 10.1. The van der Waals surface area contributed by atoms with Gasteiger partial charge in [-0.15, -0.1) is 0 Å². The Labute approximate surface area is 109 Å². The molecule has 1 aromatic carbocycles. The standard InChI is InChI=1S/C13H12N2O4/c1-2-17-13(16)12-14-11(15-19-12)10-7-8-5-3-4-6-9(8)18-10/h3-6,10H,2,7H2,1H3. The highest BCUT2D eigenvalue weighted by Crippen LogP contribution is 2.35. The fourth-order valence-corrected chi connectivity index (χ4v) is 1.97. The summed E-state index contributed by atoms with van der Waals surface area (Å²) < 4.78 is 15.4. The van der Waals surface area contributed by atoms with Crippen molar-refractivity contribution in [2.24, 2.45) is 0 Å². The van der Waals surface area contributed by atoms with Crippen LogP contribution in [0, 0.1) is 0 Å². The number of benzene rings is 1. The summed E-state index contributed by atoms with van der Waals surface area (Å²) in [6.07, 6.45) is 0.349. The lowest BCUT2D eigenvalue weighted by Gasteiger charge is -2.04. The van der Waals surface area contributed by atoms with Crippen molar-refractivity contribution in [2.75, 3.05) is 6.61 Å². The summed E-state index contributed by atoms with van der Waals surface area (Å²) in [5.74, 6) is 0.419. The van der Waals surface area contributed by atoms with E-state index in [4.69, 9.17) is 14.0 Å². The fraction of sp³-hybridized carbons (Fsp3) is 0.308. The second kappa shape index (κ2) is 4.72. The maximum atomic E-state index is 11.4. The summed E-state index contributed by atoms with van der Waals surface area (Å²) in [4.78, 5) is 15.4. The van der Waals surface area contributed by atoms with E-state index in [1.807, 2.05) is 24.3 Å². The number of nitrogens with zero attached hydrogens (tertiary/aromatic N) is 2. The van der Waals surface area contributed by atoms with Crippen LogP contribution in [-0.4, -0.2) is 22.7 Å². The van der Waals surface area contributed by atoms with Gasteiger partial charge in [0.25, 0.3) is 0 Å². The molecule has 6 nitrogen and oxygen atoms in total. The van der Waals surface area contributed by atoms with Crippen molar-refractivity contribution in [3.05, 3.63) is 41.5 Å². The molecule has 2 heterocycles. The highest BCUT2D eigenvalue weighted by molar-refractivity contribution is 5.83. The van der Waals surface area contributed by atoms with Gasteiger partial charge < -0.3 is 14.0 Å². The van der Waals surface area contributed by atoms with Gasteiger partial charge in [-0.1, -0.05) is 23.4 Å². The molecule has 0 aliphatic carbocycles. The van der Waals surface area contributed by atoms with Crippen molar-refractivity contribution in [2.45, 2.75) is 19.4 Å². The van der Waals surface area contributed by atoms with Crippen molar-refractivity contribution in [3.63, 3.8) is 0 Å². The first-order valence-corrected chi connectivity index (χ1v) is 6.03. The number of ether oxygens (including phenoxy) is 2. The van der Waals surface area contributed by atoms with Crippen molar-refractivity contribution >= 4 is 5.97 Å². The van der Waals surface area contributed by atoms with Crippen LogP contribution >= 0.6 is 0 Å². The molecule has 1 aromatic heterocycles. The Morgan fingerprint density at radius 3 is 3.11 bits per heavy atom. The number of hydrogen-bond acceptors (Lipinski definition) is 6. The average Bonchev–Trinajstić information content (AvgIpc) is 3.05. The van der Waals surface area contributed by atoms with Gasteiger partial charge in [0.15, 0.2) is 6.10 Å². The van der Waals surface area contributed by atoms with E-state index in [2.05, 4.69) is 10.1 Å². The Morgan fingerprint density at radius 2 is 2.32 bits per heavy atom. The third-order valence-electron chi connectivity index (χ3n) is 2.83. The summed E-state index contributed by atoms with van der Waals surface area (Å²) in [5, 5.41) is 3.77. The summed E-state index contributed by atoms with van der Waals surface area (Å²) in [5.41, 5.74) is 1.09. The molecule has 0 saturated carbocycles. The molecule has 6 heteroatoms. The lowest BCUT2D eigenvalue weighted by molar-refractivity contribution is 0.0470. The van der Waals surface area contributed by atoms with Crippen LogP contribution in [0.2, 0.25) is 0 Å². The van der Waals surface area contributed by atoms with Crippen molar-refractivity contribution in [1.82, 2.24) is 10.1 Å². The number of para-hydroxylation sites is 1. The second-order valence-corrected chi connectivity index (χ2v) is 4.10. The molecule has 1 aliphatic rings. The molecule has 0 radical (unpaired) electrons. The zero-order valence-electron chi connectivity index (χ0n) is 10.3. The van der Waals surface area contributed by atoms with Gasteiger partial charge in [-0.05, 0) is 18.6 Å². The zero-order chi connectivity index (χ0) is 13.2. The van der Waals surface area contributed by atoms with Crippen molar-refractivity contribution in [3.8, 4) is 5.75 Å². The average molecular weight is 260 g/mol. The first kappa shape index (κ1) is 11.7. The van der Waals surface area contributed by atoms with Gasteiger partial charge in [-0.25, -0.2) is 4.79 Å². The van der Waals surface area contributed by atoms with E-state index in [9.17, 15) is 4.79 Å². The van der Waals surface area contributed by atoms with Gasteiger partial charge in [0.2, 0.25) is 5.82 Å². The quantitative estimate of drug-likeness (QED) is 0.785. The van der Waals surface area contributed by atoms with Crippen LogP contribution in [0.25, 0.3) is 0 Å². The predicted octanol–water partition coefficient (Wildman–Crippen LogP) is 1.92. The molecule has 0 spiro atoms. The number of carbonyl (C=O) groups is 1. The molecule has 0 bridgehead atoms. The van der Waals surface area contributed by atoms with E-state index in [-0.39, 0.29) is 18.6 Å². The normalized spacial score (nSPS) is 16.8. The van der Waals surface area contributed by atoms with Gasteiger partial charge in [-0.3, -0.25) is 0 Å². The van der Waals surface area contributed by atoms with Gasteiger partial charge in [0.05, 0.1) is 6.61 Å². The molecule has 0 saturated heterocycles. The van der Waals surface area contributed by atoms with E-state index in [1.54, 1.807) is 6.92 Å². The topological polar surface area (TPSA) is 74.5 Å². The first-order valence-electron chi connectivity index (χ1n) is 6.03. The third-order valence-corrected chi connectivity index (χ3v) is 2.83. The van der Waals surface area contributed by atoms with E-state index >= 15 is 0 Å². The predicted molar refractivity (Wildman–Crippen MR) is 63.8 cm³/mol. The molecular weight excluding hydrogens is 248 g/mol. The maximum Gasteiger partial charge on any atom is 0.397 e. The molecule has 98 valence electrons. The van der Waals surface area contributed by atoms with Crippen LogP contribution < -0.4 is 4.74 Å². The Bertz CT molecular complexity index is 583. The van der Waals surface area contributed by atoms with E-state index in [0.717, 1.165) is 11.3 Å². The van der Waals surface area contributed by atoms with Crippen LogP contribution in [-0.2, 0) is 11.2 Å². The number of hydrogen-bond donors (Lipinski definition) is 0. The maximum absolute atomic E-state index is 11.4. The molecular formula is C13H12N2O4. The molecule has 0 N–H and O–H groups in total. The van der Waals surface area contributed by atoms with Crippen molar-refractivity contribution in [1.29, 1.82) is 0 Å². The lowest BCUT2D eigenvalue weighted by Crippen LogP contribution is -2.08. The molecule has 0 fully saturated rings. The minimum atomic E-state index is -0.614. The number of rotatable bonds is 3. The summed E-state index contributed by atoms with van der Waals surface area (Å²) in [6.45, 7) is 1.98. The van der Waals surface area contributed by atoms with Crippen molar-refractivity contribution < 1.29 is 18.8 Å². The summed E-state index contributed by atoms with van der Waals surface area (Å²) in [6, 6.07) is 7.73. The van der Waals surface area contributed by atoms with Gasteiger partial charge in [-0.2, -0.15) is 4.98 Å². The minimum absolute atomic E-state index is 0.142. The Hall–Kier alpha value is -2.37. The van der Waals surface area contributed by atoms with Crippen LogP contribution in [0.15, 0.2) is 28.8 Å². The van der Waals surface area contributed by atoms with Crippen LogP contribution in [0.3, 0.4) is 0 Å². The highest BCUT2D eigenvalue weighted by atomic mass is 16.6. The molecule has 2 aromatic rings. The smallest absolute Gasteiger partial charge is 0.397 e. The monoisotopic (exact) mass is 260 g/mol. The number of fused-ring (bicyclic) bond motifs is 1. The fourth-order valence-electron chi connectivity index (χ4n) is 1.97. The van der Waals surface area contributed by atoms with E-state index in [1.165, 1.54) is 0 Å². The zero-order valence-corrected chi connectivity index (χ0v) is 10.3. The largest absolute Gasteiger partial charge is 0.482 e. The Morgan fingerprint density at radius 1 is 1.47 bits per heavy atom. The first-order chi connectivity index (χ1) is 9.28. The van der Waals surface area contributed by atoms with E-state index in [0.29, 0.717) is 12.2 Å². The van der Waals surface area contributed by atoms with Gasteiger partial charge in [0.1, 0.15) is 5.75 Å².